The molecule has 2 atom stereocenters. The van der Waals surface area contributed by atoms with Crippen LogP contribution in [0.5, 0.6) is 0 Å². The number of aliphatic carboxylic acids is 1. The molecule has 3 amide bonds. The van der Waals surface area contributed by atoms with Gasteiger partial charge in [-0.1, -0.05) is 84.0 Å². The van der Waals surface area contributed by atoms with Crippen molar-refractivity contribution >= 4 is 23.7 Å². The first-order chi connectivity index (χ1) is 17.8. The molecule has 1 heterocycles. The van der Waals surface area contributed by atoms with Crippen LogP contribution in [0.3, 0.4) is 0 Å². The normalized spacial score (nSPS) is 12.5. The molecule has 0 fully saturated rings. The summed E-state index contributed by atoms with van der Waals surface area (Å²) in [6.45, 7) is 3.47. The zero-order valence-corrected chi connectivity index (χ0v) is 22.7. The topological polar surface area (TPSA) is 153 Å². The molecule has 1 aromatic rings. The number of aromatic nitrogens is 2. The number of carbonyl (C=O) groups is 4. The van der Waals surface area contributed by atoms with Crippen LogP contribution in [-0.4, -0.2) is 57.4 Å². The molecule has 0 radical (unpaired) electrons. The fourth-order valence-electron chi connectivity index (χ4n) is 4.04. The van der Waals surface area contributed by atoms with Crippen molar-refractivity contribution in [3.63, 3.8) is 0 Å². The van der Waals surface area contributed by atoms with Crippen LogP contribution in [0.25, 0.3) is 0 Å². The first kappa shape index (κ1) is 32.1. The first-order valence-corrected chi connectivity index (χ1v) is 13.9. The lowest BCUT2D eigenvalue weighted by Crippen LogP contribution is -2.52. The van der Waals surface area contributed by atoms with Crippen molar-refractivity contribution in [2.24, 2.45) is 0 Å². The molecule has 0 saturated carbocycles. The van der Waals surface area contributed by atoms with Gasteiger partial charge in [-0.25, -0.2) is 9.78 Å². The van der Waals surface area contributed by atoms with E-state index in [1.807, 2.05) is 0 Å². The Morgan fingerprint density at radius 1 is 0.865 bits per heavy atom. The molecule has 0 aliphatic heterocycles. The minimum Gasteiger partial charge on any atom is -0.480 e. The third-order valence-electron chi connectivity index (χ3n) is 6.32. The summed E-state index contributed by atoms with van der Waals surface area (Å²) >= 11 is 0. The van der Waals surface area contributed by atoms with Gasteiger partial charge in [0.2, 0.25) is 17.7 Å². The lowest BCUT2D eigenvalue weighted by molar-refractivity contribution is -0.142. The van der Waals surface area contributed by atoms with E-state index in [0.717, 1.165) is 19.3 Å². The standard InChI is InChI=1S/C27H47N5O5/c1-3-4-5-6-7-8-9-10-11-12-13-14-15-16-24(33)29-19-25(34)31-21(2)26(35)32-23(27(36)37)17-22-18-28-20-30-22/h18,20-21,23H,3-17,19H2,1-2H3,(H,28,30)(H,29,33)(H,31,34)(H,32,35)(H,36,37)/t21-,23-/m0/s1. The van der Waals surface area contributed by atoms with Gasteiger partial charge in [-0.05, 0) is 13.3 Å². The van der Waals surface area contributed by atoms with Crippen molar-refractivity contribution in [2.45, 2.75) is 122 Å². The molecular weight excluding hydrogens is 474 g/mol. The van der Waals surface area contributed by atoms with Crippen molar-refractivity contribution in [3.05, 3.63) is 18.2 Å². The van der Waals surface area contributed by atoms with Gasteiger partial charge >= 0.3 is 5.97 Å². The Hall–Kier alpha value is -2.91. The number of carbonyl (C=O) groups excluding carboxylic acids is 3. The molecule has 37 heavy (non-hydrogen) atoms. The van der Waals surface area contributed by atoms with Gasteiger partial charge in [0, 0.05) is 24.7 Å². The second-order valence-electron chi connectivity index (χ2n) is 9.74. The minimum atomic E-state index is -1.19. The highest BCUT2D eigenvalue weighted by atomic mass is 16.4. The summed E-state index contributed by atoms with van der Waals surface area (Å²) in [6.07, 6.45) is 19.4. The van der Waals surface area contributed by atoms with Crippen molar-refractivity contribution in [3.8, 4) is 0 Å². The van der Waals surface area contributed by atoms with Gasteiger partial charge in [0.15, 0.2) is 0 Å². The highest BCUT2D eigenvalue weighted by molar-refractivity contribution is 5.91. The summed E-state index contributed by atoms with van der Waals surface area (Å²) in [5, 5.41) is 16.8. The Balaban J connectivity index is 2.07. The summed E-state index contributed by atoms with van der Waals surface area (Å²) in [4.78, 5) is 54.4. The summed E-state index contributed by atoms with van der Waals surface area (Å²) in [7, 11) is 0. The zero-order chi connectivity index (χ0) is 27.3. The highest BCUT2D eigenvalue weighted by Gasteiger charge is 2.24. The lowest BCUT2D eigenvalue weighted by Gasteiger charge is -2.18. The number of rotatable bonds is 22. The molecule has 0 spiro atoms. The molecule has 1 rings (SSSR count). The van der Waals surface area contributed by atoms with Crippen LogP contribution in [0.4, 0.5) is 0 Å². The van der Waals surface area contributed by atoms with E-state index in [9.17, 15) is 24.3 Å². The van der Waals surface area contributed by atoms with Crippen LogP contribution < -0.4 is 16.0 Å². The van der Waals surface area contributed by atoms with Crippen molar-refractivity contribution in [1.82, 2.24) is 25.9 Å². The van der Waals surface area contributed by atoms with Crippen LogP contribution in [0.2, 0.25) is 0 Å². The first-order valence-electron chi connectivity index (χ1n) is 13.9. The van der Waals surface area contributed by atoms with Gasteiger partial charge in [-0.15, -0.1) is 0 Å². The van der Waals surface area contributed by atoms with Crippen LogP contribution in [0.15, 0.2) is 12.5 Å². The van der Waals surface area contributed by atoms with Gasteiger partial charge in [-0.2, -0.15) is 0 Å². The highest BCUT2D eigenvalue weighted by Crippen LogP contribution is 2.12. The molecule has 5 N–H and O–H groups in total. The second kappa shape index (κ2) is 20.2. The van der Waals surface area contributed by atoms with Gasteiger partial charge < -0.3 is 26.0 Å². The summed E-state index contributed by atoms with van der Waals surface area (Å²) in [5.41, 5.74) is 0.565. The third-order valence-corrected chi connectivity index (χ3v) is 6.32. The molecule has 10 nitrogen and oxygen atoms in total. The summed E-state index contributed by atoms with van der Waals surface area (Å²) in [5.74, 6) is -2.52. The monoisotopic (exact) mass is 521 g/mol. The maximum Gasteiger partial charge on any atom is 0.326 e. The molecular formula is C27H47N5O5. The molecule has 0 bridgehead atoms. The molecule has 0 aliphatic carbocycles. The number of imidazole rings is 1. The number of amides is 3. The molecule has 0 saturated heterocycles. The maximum atomic E-state index is 12.3. The number of hydrogen-bond acceptors (Lipinski definition) is 5. The number of H-pyrrole nitrogens is 1. The Morgan fingerprint density at radius 3 is 1.95 bits per heavy atom. The Kier molecular flexibility index (Phi) is 17.5. The third kappa shape index (κ3) is 16.5. The summed E-state index contributed by atoms with van der Waals surface area (Å²) < 4.78 is 0. The van der Waals surface area contributed by atoms with E-state index in [-0.39, 0.29) is 18.9 Å². The minimum absolute atomic E-state index is 0.0387. The number of nitrogens with zero attached hydrogens (tertiary/aromatic N) is 1. The number of aromatic amines is 1. The molecule has 0 aromatic carbocycles. The van der Waals surface area contributed by atoms with E-state index >= 15 is 0 Å². The molecule has 10 heteroatoms. The van der Waals surface area contributed by atoms with E-state index in [4.69, 9.17) is 0 Å². The number of carboxylic acid groups (broad SMARTS) is 1. The lowest BCUT2D eigenvalue weighted by atomic mass is 10.0. The molecule has 0 unspecified atom stereocenters. The van der Waals surface area contributed by atoms with Crippen LogP contribution in [0, 0.1) is 0 Å². The summed E-state index contributed by atoms with van der Waals surface area (Å²) in [6, 6.07) is -2.11. The smallest absolute Gasteiger partial charge is 0.326 e. The van der Waals surface area contributed by atoms with Crippen molar-refractivity contribution in [2.75, 3.05) is 6.54 Å². The molecule has 1 aromatic heterocycles. The van der Waals surface area contributed by atoms with E-state index in [1.54, 1.807) is 0 Å². The van der Waals surface area contributed by atoms with Gasteiger partial charge in [0.25, 0.3) is 0 Å². The fraction of sp³-hybridized carbons (Fsp3) is 0.741. The van der Waals surface area contributed by atoms with E-state index < -0.39 is 29.9 Å². The average Bonchev–Trinajstić information content (AvgIpc) is 3.38. The maximum absolute atomic E-state index is 12.3. The SMILES string of the molecule is CCCCCCCCCCCCCCCC(=O)NCC(=O)N[C@@H](C)C(=O)N[C@@H](Cc1cnc[nH]1)C(=O)O. The van der Waals surface area contributed by atoms with Gasteiger partial charge in [0.1, 0.15) is 12.1 Å². The van der Waals surface area contributed by atoms with Crippen molar-refractivity contribution in [1.29, 1.82) is 0 Å². The number of hydrogen-bond donors (Lipinski definition) is 5. The van der Waals surface area contributed by atoms with Crippen LogP contribution >= 0.6 is 0 Å². The Bertz CT molecular complexity index is 784. The Labute approximate surface area is 221 Å². The molecule has 0 aliphatic rings. The average molecular weight is 522 g/mol. The van der Waals surface area contributed by atoms with Crippen LogP contribution in [-0.2, 0) is 25.6 Å². The number of unbranched alkanes of at least 4 members (excludes halogenated alkanes) is 12. The van der Waals surface area contributed by atoms with E-state index in [0.29, 0.717) is 12.1 Å². The predicted molar refractivity (Wildman–Crippen MR) is 143 cm³/mol. The Morgan fingerprint density at radius 2 is 1.43 bits per heavy atom. The van der Waals surface area contributed by atoms with Gasteiger partial charge in [-0.3, -0.25) is 14.4 Å². The fourth-order valence-corrected chi connectivity index (χ4v) is 4.04. The second-order valence-corrected chi connectivity index (χ2v) is 9.74. The quantitative estimate of drug-likeness (QED) is 0.147. The van der Waals surface area contributed by atoms with Gasteiger partial charge in [0.05, 0.1) is 12.9 Å². The largest absolute Gasteiger partial charge is 0.480 e. The van der Waals surface area contributed by atoms with E-state index in [1.165, 1.54) is 83.7 Å². The number of carboxylic acids is 1. The predicted octanol–water partition coefficient (Wildman–Crippen LogP) is 3.62. The zero-order valence-electron chi connectivity index (χ0n) is 22.7. The van der Waals surface area contributed by atoms with Crippen molar-refractivity contribution < 1.29 is 24.3 Å². The van der Waals surface area contributed by atoms with Crippen LogP contribution in [0.1, 0.15) is 109 Å². The molecule has 210 valence electrons. The van der Waals surface area contributed by atoms with E-state index in [2.05, 4.69) is 32.8 Å². The number of nitrogens with one attached hydrogen (secondary N) is 4.